The molecule has 0 spiro atoms. The van der Waals surface area contributed by atoms with Crippen LogP contribution in [0, 0.1) is 0 Å². The lowest BCUT2D eigenvalue weighted by Crippen LogP contribution is -3.00. The number of likely N-dealkylation sites (N-methyl/N-ethyl adjacent to an activating group) is 2. The van der Waals surface area contributed by atoms with Gasteiger partial charge in [0, 0.05) is 33.3 Å². The number of halogens is 1. The average molecular weight is 375 g/mol. The van der Waals surface area contributed by atoms with Crippen molar-refractivity contribution in [3.05, 3.63) is 24.3 Å². The first kappa shape index (κ1) is 20.7. The number of nitrogens with zero attached hydrogens (tertiary/aromatic N) is 3. The van der Waals surface area contributed by atoms with Crippen LogP contribution in [0.4, 0.5) is 10.5 Å². The Morgan fingerprint density at radius 2 is 1.82 bits per heavy atom. The molecule has 1 aromatic rings. The molecule has 2 rings (SSSR count). The lowest BCUT2D eigenvalue weighted by molar-refractivity contribution is -0.262. The lowest BCUT2D eigenvalue weighted by atomic mass is 10.2. The summed E-state index contributed by atoms with van der Waals surface area (Å²) < 4.78 is 0.929. The van der Waals surface area contributed by atoms with Gasteiger partial charge in [0.05, 0.1) is 20.1 Å². The van der Waals surface area contributed by atoms with Gasteiger partial charge in [0.1, 0.15) is 17.5 Å². The molecular weight excluding hydrogens is 350 g/mol. The number of quaternary nitrogens is 1. The molecule has 1 aliphatic heterocycles. The van der Waals surface area contributed by atoms with Gasteiger partial charge in [0.15, 0.2) is 0 Å². The molecule has 1 saturated heterocycles. The number of rotatable bonds is 1. The number of aromatic hydroxyl groups is 1. The van der Waals surface area contributed by atoms with Gasteiger partial charge >= 0.3 is 0 Å². The van der Waals surface area contributed by atoms with Gasteiger partial charge in [-0.3, -0.25) is 9.38 Å². The van der Waals surface area contributed by atoms with Gasteiger partial charge in [-0.05, 0) is 19.2 Å². The molecule has 1 aliphatic rings. The van der Waals surface area contributed by atoms with Gasteiger partial charge in [-0.2, -0.15) is 0 Å². The predicted molar refractivity (Wildman–Crippen MR) is 82.1 cm³/mol. The highest BCUT2D eigenvalue weighted by atomic mass is 79.9. The predicted octanol–water partition coefficient (Wildman–Crippen LogP) is -2.83. The van der Waals surface area contributed by atoms with Crippen molar-refractivity contribution in [1.82, 2.24) is 14.3 Å². The van der Waals surface area contributed by atoms with Crippen molar-refractivity contribution in [3.8, 4) is 5.75 Å². The monoisotopic (exact) mass is 374 g/mol. The fourth-order valence-corrected chi connectivity index (χ4v) is 2.09. The second-order valence-corrected chi connectivity index (χ2v) is 5.83. The highest BCUT2D eigenvalue weighted by Gasteiger charge is 2.29. The number of hydrogen-bond donors (Lipinski definition) is 1. The van der Waals surface area contributed by atoms with Gasteiger partial charge in [-0.25, -0.2) is 0 Å². The van der Waals surface area contributed by atoms with Crippen LogP contribution in [-0.2, 0) is 0 Å². The molecule has 0 saturated carbocycles. The minimum Gasteiger partial charge on any atom is -1.00 e. The third-order valence-electron chi connectivity index (χ3n) is 3.77. The molecule has 1 fully saturated rings. The number of carboxylic acid groups (broad SMARTS) is 1. The van der Waals surface area contributed by atoms with Gasteiger partial charge in [-0.1, -0.05) is 6.07 Å². The zero-order valence-electron chi connectivity index (χ0n) is 13.6. The second-order valence-electron chi connectivity index (χ2n) is 5.83. The summed E-state index contributed by atoms with van der Waals surface area (Å²) in [5, 5.41) is 19.0. The number of phenols is 1. The van der Waals surface area contributed by atoms with Crippen LogP contribution in [0.15, 0.2) is 24.3 Å². The Bertz CT molecular complexity index is 475. The van der Waals surface area contributed by atoms with E-state index < -0.39 is 6.09 Å². The minimum absolute atomic E-state index is 0. The Kier molecular flexibility index (Phi) is 8.44. The fourth-order valence-electron chi connectivity index (χ4n) is 2.09. The van der Waals surface area contributed by atoms with Gasteiger partial charge in [0.25, 0.3) is 0 Å². The van der Waals surface area contributed by atoms with E-state index in [2.05, 4.69) is 25.1 Å². The molecule has 0 radical (unpaired) electrons. The smallest absolute Gasteiger partial charge is 0.136 e. The molecule has 1 heterocycles. The van der Waals surface area contributed by atoms with Crippen molar-refractivity contribution in [1.29, 1.82) is 0 Å². The number of benzene rings is 1. The van der Waals surface area contributed by atoms with Crippen LogP contribution < -0.4 is 26.6 Å². The van der Waals surface area contributed by atoms with E-state index in [1.807, 2.05) is 12.1 Å². The summed E-state index contributed by atoms with van der Waals surface area (Å²) in [7, 11) is 7.22. The fraction of sp³-hybridized carbons (Fsp3) is 0.533. The second kappa shape index (κ2) is 8.97. The number of amides is 1. The summed E-state index contributed by atoms with van der Waals surface area (Å²) in [6, 6.07) is 7.63. The van der Waals surface area contributed by atoms with E-state index in [0.29, 0.717) is 5.75 Å². The van der Waals surface area contributed by atoms with Crippen molar-refractivity contribution in [2.75, 3.05) is 54.4 Å². The SMILES string of the molecule is CN(C)C(=O)[O-].CN1CC[N+](C)(c2cccc(O)c2)CC1.[Br-]. The Morgan fingerprint density at radius 1 is 1.32 bits per heavy atom. The van der Waals surface area contributed by atoms with Crippen LogP contribution in [0.5, 0.6) is 5.75 Å². The van der Waals surface area contributed by atoms with E-state index in [4.69, 9.17) is 0 Å². The molecule has 0 unspecified atom stereocenters. The maximum absolute atomic E-state index is 9.51. The lowest BCUT2D eigenvalue weighted by Gasteiger charge is -2.40. The first-order chi connectivity index (χ1) is 9.74. The number of carbonyl (C=O) groups excluding carboxylic acids is 1. The molecule has 0 aliphatic carbocycles. The molecule has 0 aromatic heterocycles. The highest BCUT2D eigenvalue weighted by molar-refractivity contribution is 5.61. The topological polar surface area (TPSA) is 66.8 Å². The van der Waals surface area contributed by atoms with E-state index >= 15 is 0 Å². The van der Waals surface area contributed by atoms with Gasteiger partial charge < -0.3 is 36.9 Å². The number of phenolic OH excluding ortho intramolecular Hbond substituents is 1. The van der Waals surface area contributed by atoms with Crippen molar-refractivity contribution < 1.29 is 32.0 Å². The first-order valence-corrected chi connectivity index (χ1v) is 6.95. The average Bonchev–Trinajstić information content (AvgIpc) is 2.43. The summed E-state index contributed by atoms with van der Waals surface area (Å²) in [5.41, 5.74) is 1.21. The molecule has 7 heteroatoms. The molecule has 0 bridgehead atoms. The molecule has 1 N–H and O–H groups in total. The highest BCUT2D eigenvalue weighted by Crippen LogP contribution is 2.26. The maximum atomic E-state index is 9.51. The minimum atomic E-state index is -1.16. The largest absolute Gasteiger partial charge is 1.00 e. The van der Waals surface area contributed by atoms with Crippen molar-refractivity contribution in [3.63, 3.8) is 0 Å². The summed E-state index contributed by atoms with van der Waals surface area (Å²) in [5.74, 6) is 0.366. The van der Waals surface area contributed by atoms with Gasteiger partial charge in [-0.15, -0.1) is 0 Å². The third kappa shape index (κ3) is 6.21. The van der Waals surface area contributed by atoms with Crippen LogP contribution >= 0.6 is 0 Å². The Labute approximate surface area is 142 Å². The first-order valence-electron chi connectivity index (χ1n) is 6.95. The molecule has 0 atom stereocenters. The molecule has 22 heavy (non-hydrogen) atoms. The summed E-state index contributed by atoms with van der Waals surface area (Å²) in [4.78, 5) is 12.8. The molecule has 1 aromatic carbocycles. The Balaban J connectivity index is 0.000000546. The summed E-state index contributed by atoms with van der Waals surface area (Å²) in [6.45, 7) is 4.46. The third-order valence-corrected chi connectivity index (χ3v) is 3.77. The summed E-state index contributed by atoms with van der Waals surface area (Å²) >= 11 is 0. The van der Waals surface area contributed by atoms with Crippen molar-refractivity contribution in [2.45, 2.75) is 0 Å². The number of hydrogen-bond acceptors (Lipinski definition) is 4. The zero-order valence-corrected chi connectivity index (χ0v) is 15.2. The quantitative estimate of drug-likeness (QED) is 0.538. The van der Waals surface area contributed by atoms with Crippen LogP contribution in [0.1, 0.15) is 0 Å². The number of carbonyl (C=O) groups is 1. The molecule has 1 amide bonds. The zero-order chi connectivity index (χ0) is 16.0. The van der Waals surface area contributed by atoms with Crippen LogP contribution in [-0.4, -0.2) is 75.4 Å². The van der Waals surface area contributed by atoms with Crippen LogP contribution in [0.25, 0.3) is 0 Å². The van der Waals surface area contributed by atoms with E-state index in [0.717, 1.165) is 35.6 Å². The maximum Gasteiger partial charge on any atom is 0.136 e. The standard InChI is InChI=1S/C12H18N2O.C3H7NO2.BrH/c1-13-6-8-14(2,9-7-13)11-4-3-5-12(15)10-11;1-4(2)3(5)6;/h3-5,10H,6-9H2,1-2H3;1-2H3,(H,5,6);1H/p-1. The van der Waals surface area contributed by atoms with Gasteiger partial charge in [0.2, 0.25) is 0 Å². The van der Waals surface area contributed by atoms with E-state index in [1.165, 1.54) is 19.8 Å². The Morgan fingerprint density at radius 3 is 2.23 bits per heavy atom. The van der Waals surface area contributed by atoms with Crippen molar-refractivity contribution in [2.24, 2.45) is 0 Å². The molecular formula is C15H25BrN3O3-. The van der Waals surface area contributed by atoms with E-state index in [1.54, 1.807) is 6.07 Å². The molecule has 126 valence electrons. The Hall–Kier alpha value is -1.31. The van der Waals surface area contributed by atoms with Crippen LogP contribution in [0.3, 0.4) is 0 Å². The van der Waals surface area contributed by atoms with E-state index in [-0.39, 0.29) is 17.0 Å². The summed E-state index contributed by atoms with van der Waals surface area (Å²) in [6.07, 6.45) is -1.16. The van der Waals surface area contributed by atoms with Crippen molar-refractivity contribution >= 4 is 11.8 Å². The van der Waals surface area contributed by atoms with Crippen LogP contribution in [0.2, 0.25) is 0 Å². The normalized spacial score (nSPS) is 16.7. The molecule has 6 nitrogen and oxygen atoms in total. The van der Waals surface area contributed by atoms with E-state index in [9.17, 15) is 15.0 Å². The number of piperazine rings is 1.